The van der Waals surface area contributed by atoms with E-state index in [2.05, 4.69) is 5.32 Å². The van der Waals surface area contributed by atoms with Gasteiger partial charge < -0.3 is 19.4 Å². The smallest absolute Gasteiger partial charge is 0.258 e. The number of carbonyl (C=O) groups excluding carboxylic acids is 1. The van der Waals surface area contributed by atoms with Crippen molar-refractivity contribution >= 4 is 29.1 Å². The summed E-state index contributed by atoms with van der Waals surface area (Å²) in [4.78, 5) is 13.1. The van der Waals surface area contributed by atoms with E-state index in [0.717, 1.165) is 10.7 Å². The highest BCUT2D eigenvalue weighted by Gasteiger charge is 2.21. The first-order valence-electron chi connectivity index (χ1n) is 7.15. The van der Waals surface area contributed by atoms with Gasteiger partial charge in [0.15, 0.2) is 18.4 Å². The van der Waals surface area contributed by atoms with E-state index in [4.69, 9.17) is 32.4 Å². The van der Waals surface area contributed by atoms with Crippen molar-refractivity contribution in [3.63, 3.8) is 0 Å². The molecule has 0 saturated heterocycles. The van der Waals surface area contributed by atoms with Gasteiger partial charge in [-0.25, -0.2) is 0 Å². The number of halogens is 2. The van der Waals surface area contributed by atoms with Gasteiger partial charge in [-0.1, -0.05) is 23.2 Å². The van der Waals surface area contributed by atoms with Gasteiger partial charge >= 0.3 is 0 Å². The molecule has 0 aliphatic carbocycles. The first kappa shape index (κ1) is 17.7. The Hall–Kier alpha value is -1.69. The van der Waals surface area contributed by atoms with Crippen molar-refractivity contribution in [2.24, 2.45) is 0 Å². The Morgan fingerprint density at radius 2 is 2.13 bits per heavy atom. The number of benzene rings is 1. The Morgan fingerprint density at radius 1 is 1.35 bits per heavy atom. The average molecular weight is 358 g/mol. The summed E-state index contributed by atoms with van der Waals surface area (Å²) in [7, 11) is 4.01. The van der Waals surface area contributed by atoms with Gasteiger partial charge in [0, 0.05) is 5.02 Å². The van der Waals surface area contributed by atoms with Crippen LogP contribution in [0.4, 0.5) is 0 Å². The third-order valence-corrected chi connectivity index (χ3v) is 3.87. The monoisotopic (exact) mass is 357 g/mol. The number of furan rings is 1. The van der Waals surface area contributed by atoms with E-state index in [9.17, 15) is 4.79 Å². The number of amides is 1. The van der Waals surface area contributed by atoms with Crippen LogP contribution in [0.1, 0.15) is 11.8 Å². The van der Waals surface area contributed by atoms with E-state index in [1.54, 1.807) is 24.5 Å². The molecule has 0 unspecified atom stereocenters. The summed E-state index contributed by atoms with van der Waals surface area (Å²) >= 11 is 11.8. The lowest BCUT2D eigenvalue weighted by Crippen LogP contribution is -3.07. The van der Waals surface area contributed by atoms with Gasteiger partial charge in [-0.3, -0.25) is 4.79 Å². The van der Waals surface area contributed by atoms with E-state index in [1.165, 1.54) is 0 Å². The van der Waals surface area contributed by atoms with E-state index in [1.807, 2.05) is 26.2 Å². The molecule has 0 bridgehead atoms. The van der Waals surface area contributed by atoms with Crippen LogP contribution in [-0.4, -0.2) is 33.2 Å². The molecule has 0 saturated carbocycles. The van der Waals surface area contributed by atoms with Crippen LogP contribution >= 0.6 is 23.2 Å². The molecule has 0 aliphatic heterocycles. The van der Waals surface area contributed by atoms with Crippen LogP contribution in [0.3, 0.4) is 0 Å². The minimum Gasteiger partial charge on any atom is -0.482 e. The topological polar surface area (TPSA) is 55.9 Å². The zero-order valence-corrected chi connectivity index (χ0v) is 14.4. The lowest BCUT2D eigenvalue weighted by Gasteiger charge is -2.19. The van der Waals surface area contributed by atoms with Crippen molar-refractivity contribution in [3.05, 3.63) is 52.4 Å². The SMILES string of the molecule is C[NH+](C)[C@H](CNC(=O)COc1ccc(Cl)cc1Cl)c1ccco1. The average Bonchev–Trinajstić information content (AvgIpc) is 3.00. The van der Waals surface area contributed by atoms with Gasteiger partial charge in [0.05, 0.1) is 31.9 Å². The molecule has 0 radical (unpaired) electrons. The van der Waals surface area contributed by atoms with Crippen molar-refractivity contribution in [3.8, 4) is 5.75 Å². The number of hydrogen-bond donors (Lipinski definition) is 2. The van der Waals surface area contributed by atoms with Gasteiger partial charge in [-0.15, -0.1) is 0 Å². The molecule has 1 amide bonds. The van der Waals surface area contributed by atoms with Crippen LogP contribution in [0.15, 0.2) is 41.0 Å². The Bertz CT molecular complexity index is 645. The van der Waals surface area contributed by atoms with Crippen LogP contribution in [0.5, 0.6) is 5.75 Å². The molecule has 7 heteroatoms. The highest BCUT2D eigenvalue weighted by Crippen LogP contribution is 2.27. The molecule has 2 aromatic rings. The maximum atomic E-state index is 11.9. The molecule has 1 aromatic heterocycles. The maximum Gasteiger partial charge on any atom is 0.258 e. The summed E-state index contributed by atoms with van der Waals surface area (Å²) in [5, 5.41) is 3.73. The van der Waals surface area contributed by atoms with Crippen LogP contribution in [-0.2, 0) is 4.79 Å². The quantitative estimate of drug-likeness (QED) is 0.796. The summed E-state index contributed by atoms with van der Waals surface area (Å²) in [6.07, 6.45) is 1.62. The second kappa shape index (κ2) is 8.24. The Kier molecular flexibility index (Phi) is 6.33. The van der Waals surface area contributed by atoms with Crippen molar-refractivity contribution in [1.82, 2.24) is 5.32 Å². The molecule has 124 valence electrons. The number of ether oxygens (including phenoxy) is 1. The first-order chi connectivity index (χ1) is 11.0. The Labute approximate surface area is 145 Å². The molecule has 1 heterocycles. The van der Waals surface area contributed by atoms with E-state index < -0.39 is 0 Å². The third-order valence-electron chi connectivity index (χ3n) is 3.34. The Balaban J connectivity index is 1.84. The minimum absolute atomic E-state index is 0.0352. The van der Waals surface area contributed by atoms with Crippen LogP contribution in [0, 0.1) is 0 Å². The second-order valence-corrected chi connectivity index (χ2v) is 6.16. The molecule has 1 aromatic carbocycles. The summed E-state index contributed by atoms with van der Waals surface area (Å²) in [5.41, 5.74) is 0. The van der Waals surface area contributed by atoms with Gasteiger partial charge in [0.2, 0.25) is 0 Å². The third kappa shape index (κ3) is 5.16. The molecule has 2 rings (SSSR count). The van der Waals surface area contributed by atoms with Crippen LogP contribution in [0.2, 0.25) is 10.0 Å². The lowest BCUT2D eigenvalue weighted by atomic mass is 10.2. The zero-order valence-electron chi connectivity index (χ0n) is 12.9. The van der Waals surface area contributed by atoms with Crippen molar-refractivity contribution in [1.29, 1.82) is 0 Å². The second-order valence-electron chi connectivity index (χ2n) is 5.31. The molecular weight excluding hydrogens is 339 g/mol. The Morgan fingerprint density at radius 3 is 2.74 bits per heavy atom. The first-order valence-corrected chi connectivity index (χ1v) is 7.91. The molecule has 2 N–H and O–H groups in total. The van der Waals surface area contributed by atoms with E-state index >= 15 is 0 Å². The van der Waals surface area contributed by atoms with Crippen LogP contribution in [0.25, 0.3) is 0 Å². The molecule has 0 fully saturated rings. The fourth-order valence-corrected chi connectivity index (χ4v) is 2.54. The standard InChI is InChI=1S/C16H18Cl2N2O3/c1-20(2)13(15-4-3-7-22-15)9-19-16(21)10-23-14-6-5-11(17)8-12(14)18/h3-8,13H,9-10H2,1-2H3,(H,19,21)/p+1/t13-/m1/s1. The molecular formula is C16H19Cl2N2O3+. The van der Waals surface area contributed by atoms with Gasteiger partial charge in [0.1, 0.15) is 5.75 Å². The van der Waals surface area contributed by atoms with Crippen molar-refractivity contribution in [2.75, 3.05) is 27.2 Å². The normalized spacial score (nSPS) is 12.2. The van der Waals surface area contributed by atoms with Crippen molar-refractivity contribution in [2.45, 2.75) is 6.04 Å². The summed E-state index contributed by atoms with van der Waals surface area (Å²) in [6.45, 7) is 0.335. The molecule has 0 aliphatic rings. The zero-order chi connectivity index (χ0) is 16.8. The maximum absolute atomic E-state index is 11.9. The van der Waals surface area contributed by atoms with Crippen LogP contribution < -0.4 is 15.0 Å². The highest BCUT2D eigenvalue weighted by molar-refractivity contribution is 6.35. The number of carbonyl (C=O) groups is 1. The lowest BCUT2D eigenvalue weighted by molar-refractivity contribution is -0.891. The van der Waals surface area contributed by atoms with E-state index in [-0.39, 0.29) is 18.6 Å². The number of quaternary nitrogens is 1. The number of rotatable bonds is 7. The fraction of sp³-hybridized carbons (Fsp3) is 0.312. The van der Waals surface area contributed by atoms with Gasteiger partial charge in [-0.05, 0) is 30.3 Å². The molecule has 5 nitrogen and oxygen atoms in total. The van der Waals surface area contributed by atoms with E-state index in [0.29, 0.717) is 22.3 Å². The molecule has 0 spiro atoms. The van der Waals surface area contributed by atoms with Crippen molar-refractivity contribution < 1.29 is 18.8 Å². The number of likely N-dealkylation sites (N-methyl/N-ethyl adjacent to an activating group) is 1. The summed E-state index contributed by atoms with van der Waals surface area (Å²) in [5.74, 6) is 1.02. The number of hydrogen-bond acceptors (Lipinski definition) is 3. The molecule has 1 atom stereocenters. The molecule has 23 heavy (non-hydrogen) atoms. The largest absolute Gasteiger partial charge is 0.482 e. The predicted octanol–water partition coefficient (Wildman–Crippen LogP) is 1.97. The highest BCUT2D eigenvalue weighted by atomic mass is 35.5. The predicted molar refractivity (Wildman–Crippen MR) is 89.2 cm³/mol. The minimum atomic E-state index is -0.228. The summed E-state index contributed by atoms with van der Waals surface area (Å²) in [6, 6.07) is 8.62. The fourth-order valence-electron chi connectivity index (χ4n) is 2.08. The van der Waals surface area contributed by atoms with Gasteiger partial charge in [-0.2, -0.15) is 0 Å². The summed E-state index contributed by atoms with van der Waals surface area (Å²) < 4.78 is 10.8. The number of nitrogens with one attached hydrogen (secondary N) is 2. The van der Waals surface area contributed by atoms with Gasteiger partial charge in [0.25, 0.3) is 5.91 Å².